The summed E-state index contributed by atoms with van der Waals surface area (Å²) in [5.74, 6) is -0.0777. The average molecular weight is 642 g/mol. The molecule has 46 heavy (non-hydrogen) atoms. The molecular formula is C41H75N3O2. The maximum atomic E-state index is 12.8. The third kappa shape index (κ3) is 33.2. The van der Waals surface area contributed by atoms with Crippen molar-refractivity contribution in [2.45, 2.75) is 174 Å². The minimum atomic E-state index is -0.495. The molecule has 0 fully saturated rings. The van der Waals surface area contributed by atoms with Gasteiger partial charge in [0.25, 0.3) is 0 Å². The van der Waals surface area contributed by atoms with Crippen molar-refractivity contribution in [1.82, 2.24) is 15.5 Å². The summed E-state index contributed by atoms with van der Waals surface area (Å²) in [6, 6.07) is -0.495. The van der Waals surface area contributed by atoms with Crippen LogP contribution in [-0.4, -0.2) is 49.9 Å². The van der Waals surface area contributed by atoms with Crippen LogP contribution in [0.15, 0.2) is 48.6 Å². The molecule has 0 rings (SSSR count). The first-order valence-electron chi connectivity index (χ1n) is 19.3. The highest BCUT2D eigenvalue weighted by Gasteiger charge is 2.20. The summed E-state index contributed by atoms with van der Waals surface area (Å²) in [5.41, 5.74) is 0. The first-order valence-corrected chi connectivity index (χ1v) is 19.3. The molecule has 0 aromatic carbocycles. The second kappa shape index (κ2) is 35.7. The Labute approximate surface area is 286 Å². The van der Waals surface area contributed by atoms with Gasteiger partial charge in [-0.1, -0.05) is 133 Å². The van der Waals surface area contributed by atoms with Gasteiger partial charge in [-0.2, -0.15) is 0 Å². The van der Waals surface area contributed by atoms with Crippen molar-refractivity contribution in [3.63, 3.8) is 0 Å². The quantitative estimate of drug-likeness (QED) is 0.0554. The second-order valence-corrected chi connectivity index (χ2v) is 13.2. The van der Waals surface area contributed by atoms with Crippen LogP contribution < -0.4 is 10.6 Å². The molecule has 0 saturated carbocycles. The van der Waals surface area contributed by atoms with Crippen LogP contribution in [0.3, 0.4) is 0 Å². The summed E-state index contributed by atoms with van der Waals surface area (Å²) in [6.07, 6.45) is 46.3. The lowest BCUT2D eigenvalue weighted by Gasteiger charge is -2.22. The number of likely N-dealkylation sites (N-methyl/N-ethyl adjacent to an activating group) is 1. The van der Waals surface area contributed by atoms with Crippen LogP contribution in [0.4, 0.5) is 0 Å². The Hall–Kier alpha value is -2.14. The molecule has 0 aliphatic rings. The molecule has 266 valence electrons. The third-order valence-electron chi connectivity index (χ3n) is 8.23. The molecule has 0 spiro atoms. The molecule has 5 heteroatoms. The van der Waals surface area contributed by atoms with E-state index in [-0.39, 0.29) is 11.8 Å². The number of allylic oxidation sites excluding steroid dienone is 8. The molecule has 1 unspecified atom stereocenters. The zero-order valence-electron chi connectivity index (χ0n) is 30.8. The summed E-state index contributed by atoms with van der Waals surface area (Å²) in [6.45, 7) is 5.69. The van der Waals surface area contributed by atoms with Crippen molar-refractivity contribution in [1.29, 1.82) is 0 Å². The fourth-order valence-electron chi connectivity index (χ4n) is 5.37. The van der Waals surface area contributed by atoms with E-state index in [1.807, 2.05) is 19.0 Å². The number of unbranched alkanes of at least 4 members (excludes halogenated alkanes) is 17. The van der Waals surface area contributed by atoms with Crippen LogP contribution in [0.5, 0.6) is 0 Å². The first-order chi connectivity index (χ1) is 22.5. The Kier molecular flexibility index (Phi) is 34.0. The van der Waals surface area contributed by atoms with Gasteiger partial charge in [0, 0.05) is 19.5 Å². The summed E-state index contributed by atoms with van der Waals surface area (Å²) >= 11 is 0. The van der Waals surface area contributed by atoms with Gasteiger partial charge in [-0.05, 0) is 91.1 Å². The summed E-state index contributed by atoms with van der Waals surface area (Å²) < 4.78 is 0. The fourth-order valence-corrected chi connectivity index (χ4v) is 5.37. The fraction of sp³-hybridized carbons (Fsp3) is 0.756. The van der Waals surface area contributed by atoms with Crippen molar-refractivity contribution < 1.29 is 9.59 Å². The molecule has 5 nitrogen and oxygen atoms in total. The number of hydrogen-bond donors (Lipinski definition) is 2. The first kappa shape index (κ1) is 43.9. The Bertz CT molecular complexity index is 800. The van der Waals surface area contributed by atoms with Crippen molar-refractivity contribution in [2.24, 2.45) is 0 Å². The highest BCUT2D eigenvalue weighted by Crippen LogP contribution is 2.10. The van der Waals surface area contributed by atoms with Gasteiger partial charge in [-0.25, -0.2) is 0 Å². The molecule has 0 aliphatic carbocycles. The molecule has 2 amide bonds. The van der Waals surface area contributed by atoms with Crippen LogP contribution in [0.25, 0.3) is 0 Å². The standard InChI is InChI=1S/C41H75N3O2/c1-5-7-9-11-13-15-17-19-21-23-25-27-29-31-33-35-37-42-41(46)39(38-44(3)4)43-40(45)36-34-32-30-28-26-24-22-20-18-16-14-12-10-8-6-2/h13-16,19-22,39H,5-12,17-18,23-38H2,1-4H3,(H,42,46)(H,43,45)/b15-13-,16-14-,21-19-,22-20-. The van der Waals surface area contributed by atoms with Gasteiger partial charge in [-0.15, -0.1) is 0 Å². The Morgan fingerprint density at radius 2 is 0.957 bits per heavy atom. The molecule has 2 N–H and O–H groups in total. The topological polar surface area (TPSA) is 61.4 Å². The Balaban J connectivity index is 3.85. The van der Waals surface area contributed by atoms with Gasteiger partial charge >= 0.3 is 0 Å². The number of nitrogens with one attached hydrogen (secondary N) is 2. The van der Waals surface area contributed by atoms with Crippen molar-refractivity contribution in [2.75, 3.05) is 27.2 Å². The Morgan fingerprint density at radius 3 is 1.41 bits per heavy atom. The van der Waals surface area contributed by atoms with E-state index in [0.717, 1.165) is 51.4 Å². The lowest BCUT2D eigenvalue weighted by molar-refractivity contribution is -0.129. The molecule has 0 bridgehead atoms. The average Bonchev–Trinajstić information content (AvgIpc) is 3.03. The lowest BCUT2D eigenvalue weighted by atomic mass is 10.1. The van der Waals surface area contributed by atoms with E-state index >= 15 is 0 Å². The number of hydrogen-bond acceptors (Lipinski definition) is 3. The zero-order valence-corrected chi connectivity index (χ0v) is 30.8. The summed E-state index contributed by atoms with van der Waals surface area (Å²) in [5, 5.41) is 6.05. The number of carbonyl (C=O) groups is 2. The maximum Gasteiger partial charge on any atom is 0.243 e. The minimum Gasteiger partial charge on any atom is -0.354 e. The second-order valence-electron chi connectivity index (χ2n) is 13.2. The van der Waals surface area contributed by atoms with Gasteiger partial charge in [0.05, 0.1) is 0 Å². The molecule has 0 aromatic heterocycles. The van der Waals surface area contributed by atoms with E-state index < -0.39 is 6.04 Å². The maximum absolute atomic E-state index is 12.8. The molecule has 0 aliphatic heterocycles. The highest BCUT2D eigenvalue weighted by molar-refractivity contribution is 5.87. The Morgan fingerprint density at radius 1 is 0.543 bits per heavy atom. The normalized spacial score (nSPS) is 12.8. The van der Waals surface area contributed by atoms with E-state index in [4.69, 9.17) is 0 Å². The van der Waals surface area contributed by atoms with Gasteiger partial charge in [0.2, 0.25) is 11.8 Å². The largest absolute Gasteiger partial charge is 0.354 e. The van der Waals surface area contributed by atoms with Crippen LogP contribution >= 0.6 is 0 Å². The lowest BCUT2D eigenvalue weighted by Crippen LogP contribution is -2.51. The molecular weight excluding hydrogens is 566 g/mol. The van der Waals surface area contributed by atoms with Crippen LogP contribution in [-0.2, 0) is 9.59 Å². The molecule has 0 saturated heterocycles. The number of rotatable bonds is 33. The van der Waals surface area contributed by atoms with E-state index in [1.165, 1.54) is 96.3 Å². The smallest absolute Gasteiger partial charge is 0.243 e. The van der Waals surface area contributed by atoms with E-state index in [2.05, 4.69) is 73.1 Å². The molecule has 0 aromatic rings. The predicted octanol–water partition coefficient (Wildman–Crippen LogP) is 10.8. The van der Waals surface area contributed by atoms with Crippen LogP contribution in [0.1, 0.15) is 168 Å². The van der Waals surface area contributed by atoms with Crippen molar-refractivity contribution in [3.8, 4) is 0 Å². The van der Waals surface area contributed by atoms with Crippen LogP contribution in [0, 0.1) is 0 Å². The van der Waals surface area contributed by atoms with E-state index in [0.29, 0.717) is 19.5 Å². The van der Waals surface area contributed by atoms with E-state index in [9.17, 15) is 9.59 Å². The van der Waals surface area contributed by atoms with E-state index in [1.54, 1.807) is 0 Å². The highest BCUT2D eigenvalue weighted by atomic mass is 16.2. The van der Waals surface area contributed by atoms with Crippen molar-refractivity contribution in [3.05, 3.63) is 48.6 Å². The number of nitrogens with zero attached hydrogens (tertiary/aromatic N) is 1. The van der Waals surface area contributed by atoms with Gasteiger partial charge in [0.1, 0.15) is 6.04 Å². The van der Waals surface area contributed by atoms with Crippen molar-refractivity contribution >= 4 is 11.8 Å². The monoisotopic (exact) mass is 642 g/mol. The number of carbonyl (C=O) groups excluding carboxylic acids is 2. The van der Waals surface area contributed by atoms with Gasteiger partial charge < -0.3 is 15.5 Å². The van der Waals surface area contributed by atoms with Gasteiger partial charge in [-0.3, -0.25) is 9.59 Å². The molecule has 0 heterocycles. The molecule has 0 radical (unpaired) electrons. The zero-order chi connectivity index (χ0) is 33.8. The minimum absolute atomic E-state index is 0.0126. The van der Waals surface area contributed by atoms with Gasteiger partial charge in [0.15, 0.2) is 0 Å². The predicted molar refractivity (Wildman–Crippen MR) is 202 cm³/mol. The van der Waals surface area contributed by atoms with Crippen LogP contribution in [0.2, 0.25) is 0 Å². The molecule has 1 atom stereocenters. The summed E-state index contributed by atoms with van der Waals surface area (Å²) in [4.78, 5) is 27.4. The summed E-state index contributed by atoms with van der Waals surface area (Å²) in [7, 11) is 3.88. The SMILES string of the molecule is CCCCC/C=C\C/C=C\CCCCCCCCNC(=O)C(CN(C)C)NC(=O)CCCCCCC/C=C\C/C=C\CCCCC. The third-order valence-corrected chi connectivity index (χ3v) is 8.23. The number of amides is 2.